The molecule has 0 radical (unpaired) electrons. The number of aliphatic hydroxyl groups is 1. The van der Waals surface area contributed by atoms with Crippen molar-refractivity contribution in [3.63, 3.8) is 0 Å². The van der Waals surface area contributed by atoms with E-state index in [1.165, 1.54) is 11.1 Å². The van der Waals surface area contributed by atoms with Crippen LogP contribution in [0.2, 0.25) is 0 Å². The summed E-state index contributed by atoms with van der Waals surface area (Å²) in [5, 5.41) is 9.62. The highest BCUT2D eigenvalue weighted by molar-refractivity contribution is 5.35. The Labute approximate surface area is 113 Å². The van der Waals surface area contributed by atoms with E-state index in [1.54, 1.807) is 13.1 Å². The van der Waals surface area contributed by atoms with Gasteiger partial charge in [0.15, 0.2) is 0 Å². The van der Waals surface area contributed by atoms with Gasteiger partial charge in [0.2, 0.25) is 0 Å². The number of aliphatic hydroxyl groups excluding tert-OH is 1. The molecule has 0 aliphatic heterocycles. The first-order chi connectivity index (χ1) is 9.15. The van der Waals surface area contributed by atoms with Crippen LogP contribution in [0, 0.1) is 6.92 Å². The Morgan fingerprint density at radius 3 is 2.37 bits per heavy atom. The minimum Gasteiger partial charge on any atom is -0.389 e. The van der Waals surface area contributed by atoms with Crippen molar-refractivity contribution in [1.82, 2.24) is 9.97 Å². The van der Waals surface area contributed by atoms with E-state index < -0.39 is 6.10 Å². The van der Waals surface area contributed by atoms with Crippen molar-refractivity contribution in [2.75, 3.05) is 0 Å². The van der Waals surface area contributed by atoms with Gasteiger partial charge in [0, 0.05) is 23.4 Å². The van der Waals surface area contributed by atoms with E-state index >= 15 is 0 Å². The zero-order valence-corrected chi connectivity index (χ0v) is 11.3. The van der Waals surface area contributed by atoms with Crippen molar-refractivity contribution in [1.29, 1.82) is 0 Å². The van der Waals surface area contributed by atoms with Crippen molar-refractivity contribution in [2.24, 2.45) is 0 Å². The Kier molecular flexibility index (Phi) is 3.07. The molecule has 98 valence electrons. The largest absolute Gasteiger partial charge is 0.389 e. The van der Waals surface area contributed by atoms with E-state index in [4.69, 9.17) is 0 Å². The fourth-order valence-corrected chi connectivity index (χ4v) is 2.84. The number of aryl methyl sites for hydroxylation is 1. The van der Waals surface area contributed by atoms with Crippen LogP contribution in [-0.4, -0.2) is 15.1 Å². The van der Waals surface area contributed by atoms with Crippen LogP contribution >= 0.6 is 0 Å². The zero-order valence-electron chi connectivity index (χ0n) is 11.3. The molecule has 0 spiro atoms. The molecule has 1 atom stereocenters. The lowest BCUT2D eigenvalue weighted by Crippen LogP contribution is -2.08. The molecule has 0 unspecified atom stereocenters. The average molecular weight is 254 g/mol. The van der Waals surface area contributed by atoms with Crippen molar-refractivity contribution in [3.8, 4) is 0 Å². The van der Waals surface area contributed by atoms with Gasteiger partial charge in [-0.3, -0.25) is 0 Å². The molecule has 1 heterocycles. The summed E-state index contributed by atoms with van der Waals surface area (Å²) in [5.74, 6) is 1.28. The van der Waals surface area contributed by atoms with Gasteiger partial charge in [-0.15, -0.1) is 0 Å². The third-order valence-corrected chi connectivity index (χ3v) is 3.90. The van der Waals surface area contributed by atoms with Crippen molar-refractivity contribution in [2.45, 2.75) is 38.7 Å². The fraction of sp³-hybridized carbons (Fsp3) is 0.375. The first kappa shape index (κ1) is 12.3. The molecule has 0 amide bonds. The van der Waals surface area contributed by atoms with Gasteiger partial charge in [-0.1, -0.05) is 24.3 Å². The lowest BCUT2D eigenvalue weighted by Gasteiger charge is -2.12. The highest BCUT2D eigenvalue weighted by Crippen LogP contribution is 2.32. The predicted octanol–water partition coefficient (Wildman–Crippen LogP) is 2.72. The smallest absolute Gasteiger partial charge is 0.132 e. The summed E-state index contributed by atoms with van der Waals surface area (Å²) in [5.41, 5.74) is 4.52. The monoisotopic (exact) mass is 254 g/mol. The molecule has 2 aromatic rings. The normalized spacial score (nSPS) is 16.4. The molecule has 1 aromatic heterocycles. The number of nitrogens with zero attached hydrogens (tertiary/aromatic N) is 2. The molecular weight excluding hydrogens is 236 g/mol. The van der Waals surface area contributed by atoms with E-state index in [1.807, 2.05) is 6.92 Å². The first-order valence-electron chi connectivity index (χ1n) is 6.73. The van der Waals surface area contributed by atoms with Gasteiger partial charge < -0.3 is 5.11 Å². The summed E-state index contributed by atoms with van der Waals surface area (Å²) in [6.45, 7) is 3.69. The number of rotatable bonds is 2. The molecule has 1 aliphatic rings. The van der Waals surface area contributed by atoms with Gasteiger partial charge in [-0.05, 0) is 37.8 Å². The van der Waals surface area contributed by atoms with Crippen LogP contribution in [0.4, 0.5) is 0 Å². The molecule has 0 bridgehead atoms. The molecule has 19 heavy (non-hydrogen) atoms. The number of fused-ring (bicyclic) bond motifs is 1. The van der Waals surface area contributed by atoms with E-state index in [0.717, 1.165) is 29.9 Å². The predicted molar refractivity (Wildman–Crippen MR) is 74.0 cm³/mol. The van der Waals surface area contributed by atoms with Crippen LogP contribution in [0.3, 0.4) is 0 Å². The quantitative estimate of drug-likeness (QED) is 0.896. The van der Waals surface area contributed by atoms with Crippen LogP contribution < -0.4 is 0 Å². The second-order valence-electron chi connectivity index (χ2n) is 5.32. The van der Waals surface area contributed by atoms with Crippen LogP contribution in [0.25, 0.3) is 0 Å². The summed E-state index contributed by atoms with van der Waals surface area (Å²) < 4.78 is 0. The van der Waals surface area contributed by atoms with E-state index in [-0.39, 0.29) is 0 Å². The maximum atomic E-state index is 9.62. The molecule has 3 nitrogen and oxygen atoms in total. The minimum atomic E-state index is -0.505. The Balaban J connectivity index is 1.88. The molecule has 0 saturated carbocycles. The Morgan fingerprint density at radius 1 is 1.21 bits per heavy atom. The number of benzene rings is 1. The minimum absolute atomic E-state index is 0.374. The summed E-state index contributed by atoms with van der Waals surface area (Å²) in [4.78, 5) is 9.04. The van der Waals surface area contributed by atoms with Gasteiger partial charge in [0.05, 0.1) is 6.10 Å². The van der Waals surface area contributed by atoms with Crippen LogP contribution in [-0.2, 0) is 12.8 Å². The highest BCUT2D eigenvalue weighted by Gasteiger charge is 2.25. The molecule has 1 aliphatic carbocycles. The summed E-state index contributed by atoms with van der Waals surface area (Å²) >= 11 is 0. The molecule has 0 saturated heterocycles. The topological polar surface area (TPSA) is 46.0 Å². The van der Waals surface area contributed by atoms with Gasteiger partial charge >= 0.3 is 0 Å². The Morgan fingerprint density at radius 2 is 1.84 bits per heavy atom. The Bertz CT molecular complexity index is 582. The van der Waals surface area contributed by atoms with Crippen LogP contribution in [0.1, 0.15) is 47.2 Å². The maximum absolute atomic E-state index is 9.62. The van der Waals surface area contributed by atoms with Crippen molar-refractivity contribution >= 4 is 0 Å². The zero-order chi connectivity index (χ0) is 13.4. The van der Waals surface area contributed by atoms with Crippen LogP contribution in [0.15, 0.2) is 30.5 Å². The number of aromatic nitrogens is 2. The molecule has 3 rings (SSSR count). The lowest BCUT2D eigenvalue weighted by atomic mass is 10.0. The molecule has 1 N–H and O–H groups in total. The van der Waals surface area contributed by atoms with E-state index in [2.05, 4.69) is 34.2 Å². The second-order valence-corrected chi connectivity index (χ2v) is 5.32. The third kappa shape index (κ3) is 2.26. The second kappa shape index (κ2) is 4.74. The van der Waals surface area contributed by atoms with Gasteiger partial charge in [-0.2, -0.15) is 0 Å². The lowest BCUT2D eigenvalue weighted by molar-refractivity contribution is 0.197. The summed E-state index contributed by atoms with van der Waals surface area (Å²) in [6, 6.07) is 8.55. The van der Waals surface area contributed by atoms with Gasteiger partial charge in [0.1, 0.15) is 5.82 Å². The standard InChI is InChI=1S/C16H18N2O/c1-10-15(11(2)19)9-17-16(18-10)14-7-12-5-3-4-6-13(12)8-14/h3-6,9,11,14,19H,7-8H2,1-2H3/t11-/m0/s1. The van der Waals surface area contributed by atoms with Crippen molar-refractivity contribution < 1.29 is 5.11 Å². The SMILES string of the molecule is Cc1nc(C2Cc3ccccc3C2)ncc1[C@H](C)O. The Hall–Kier alpha value is -1.74. The maximum Gasteiger partial charge on any atom is 0.132 e. The van der Waals surface area contributed by atoms with Gasteiger partial charge in [0.25, 0.3) is 0 Å². The number of hydrogen-bond acceptors (Lipinski definition) is 3. The highest BCUT2D eigenvalue weighted by atomic mass is 16.3. The van der Waals surface area contributed by atoms with Crippen LogP contribution in [0.5, 0.6) is 0 Å². The third-order valence-electron chi connectivity index (χ3n) is 3.90. The first-order valence-corrected chi connectivity index (χ1v) is 6.73. The van der Waals surface area contributed by atoms with E-state index in [0.29, 0.717) is 5.92 Å². The van der Waals surface area contributed by atoms with E-state index in [9.17, 15) is 5.11 Å². The summed E-state index contributed by atoms with van der Waals surface area (Å²) in [7, 11) is 0. The number of hydrogen-bond donors (Lipinski definition) is 1. The summed E-state index contributed by atoms with van der Waals surface area (Å²) in [6.07, 6.45) is 3.30. The van der Waals surface area contributed by atoms with Gasteiger partial charge in [-0.25, -0.2) is 9.97 Å². The molecule has 1 aromatic carbocycles. The molecule has 0 fully saturated rings. The molecule has 3 heteroatoms. The molecular formula is C16H18N2O. The average Bonchev–Trinajstić information content (AvgIpc) is 2.81. The fourth-order valence-electron chi connectivity index (χ4n) is 2.84. The van der Waals surface area contributed by atoms with Crippen molar-refractivity contribution in [3.05, 3.63) is 58.7 Å².